The third-order valence-corrected chi connectivity index (χ3v) is 7.10. The van der Waals surface area contributed by atoms with E-state index in [-0.39, 0.29) is 22.1 Å². The number of carbonyl (C=O) groups is 1. The monoisotopic (exact) mass is 431 g/mol. The van der Waals surface area contributed by atoms with Gasteiger partial charge in [0.15, 0.2) is 0 Å². The van der Waals surface area contributed by atoms with Gasteiger partial charge in [-0.05, 0) is 55.3 Å². The fraction of sp³-hybridized carbons (Fsp3) is 0.409. The molecule has 3 rings (SSSR count). The molecule has 1 N–H and O–H groups in total. The van der Waals surface area contributed by atoms with E-state index in [1.165, 1.54) is 51.7 Å². The quantitative estimate of drug-likeness (QED) is 0.695. The van der Waals surface area contributed by atoms with Crippen LogP contribution in [0.15, 0.2) is 47.4 Å². The van der Waals surface area contributed by atoms with Gasteiger partial charge in [0, 0.05) is 32.7 Å². The molecule has 1 aliphatic rings. The first kappa shape index (κ1) is 22.3. The molecule has 0 spiro atoms. The lowest BCUT2D eigenvalue weighted by Crippen LogP contribution is -2.25. The Morgan fingerprint density at radius 1 is 1.07 bits per heavy atom. The minimum atomic E-state index is -3.73. The Hall–Kier alpha value is -2.42. The standard InChI is InChI=1S/C22H29N3O4S/c1-24(2)30(27,28)21-14-19(10-11-20(21)29-3)22(26)23-15-17-6-8-18(9-7-17)16-25-12-4-5-13-25/h6-11,14H,4-5,12-13,15-16H2,1-3H3,(H,23,26). The van der Waals surface area contributed by atoms with Gasteiger partial charge >= 0.3 is 0 Å². The SMILES string of the molecule is COc1ccc(C(=O)NCc2ccc(CN3CCCC3)cc2)cc1S(=O)(=O)N(C)C. The predicted molar refractivity (Wildman–Crippen MR) is 116 cm³/mol. The molecule has 1 aliphatic heterocycles. The van der Waals surface area contributed by atoms with Gasteiger partial charge in [-0.25, -0.2) is 12.7 Å². The van der Waals surface area contributed by atoms with Crippen molar-refractivity contribution in [1.82, 2.24) is 14.5 Å². The topological polar surface area (TPSA) is 79.0 Å². The number of likely N-dealkylation sites (tertiary alicyclic amines) is 1. The van der Waals surface area contributed by atoms with Crippen LogP contribution < -0.4 is 10.1 Å². The van der Waals surface area contributed by atoms with Crippen molar-refractivity contribution in [1.29, 1.82) is 0 Å². The van der Waals surface area contributed by atoms with Gasteiger partial charge in [0.05, 0.1) is 7.11 Å². The van der Waals surface area contributed by atoms with Gasteiger partial charge in [-0.1, -0.05) is 24.3 Å². The van der Waals surface area contributed by atoms with Crippen LogP contribution in [0, 0.1) is 0 Å². The first-order valence-electron chi connectivity index (χ1n) is 10.00. The van der Waals surface area contributed by atoms with Crippen LogP contribution in [0.25, 0.3) is 0 Å². The molecule has 1 amide bonds. The van der Waals surface area contributed by atoms with Crippen molar-refractivity contribution in [3.05, 3.63) is 59.2 Å². The zero-order valence-electron chi connectivity index (χ0n) is 17.7. The molecule has 0 aromatic heterocycles. The largest absolute Gasteiger partial charge is 0.495 e. The number of hydrogen-bond donors (Lipinski definition) is 1. The summed E-state index contributed by atoms with van der Waals surface area (Å²) in [6.45, 7) is 3.64. The van der Waals surface area contributed by atoms with Crippen molar-refractivity contribution in [2.75, 3.05) is 34.3 Å². The van der Waals surface area contributed by atoms with Crippen LogP contribution in [-0.2, 0) is 23.1 Å². The van der Waals surface area contributed by atoms with Crippen LogP contribution in [0.4, 0.5) is 0 Å². The lowest BCUT2D eigenvalue weighted by atomic mass is 10.1. The molecule has 2 aromatic carbocycles. The van der Waals surface area contributed by atoms with E-state index in [0.717, 1.165) is 29.5 Å². The van der Waals surface area contributed by atoms with Gasteiger partial charge in [-0.15, -0.1) is 0 Å². The Kier molecular flexibility index (Phi) is 7.12. The number of ether oxygens (including phenoxy) is 1. The minimum absolute atomic E-state index is 0.0334. The average molecular weight is 432 g/mol. The highest BCUT2D eigenvalue weighted by molar-refractivity contribution is 7.89. The molecule has 0 bridgehead atoms. The molecule has 1 fully saturated rings. The van der Waals surface area contributed by atoms with Crippen LogP contribution in [0.3, 0.4) is 0 Å². The molecule has 0 radical (unpaired) electrons. The summed E-state index contributed by atoms with van der Waals surface area (Å²) in [4.78, 5) is 15.0. The van der Waals surface area contributed by atoms with E-state index in [0.29, 0.717) is 6.54 Å². The number of nitrogens with zero attached hydrogens (tertiary/aromatic N) is 2. The second kappa shape index (κ2) is 9.59. The van der Waals surface area contributed by atoms with E-state index in [2.05, 4.69) is 22.3 Å². The first-order valence-corrected chi connectivity index (χ1v) is 11.4. The molecule has 2 aromatic rings. The van der Waals surface area contributed by atoms with E-state index >= 15 is 0 Å². The van der Waals surface area contributed by atoms with Crippen molar-refractivity contribution in [2.24, 2.45) is 0 Å². The number of hydrogen-bond acceptors (Lipinski definition) is 5. The third kappa shape index (κ3) is 5.19. The van der Waals surface area contributed by atoms with Crippen molar-refractivity contribution in [3.8, 4) is 5.75 Å². The van der Waals surface area contributed by atoms with Crippen LogP contribution in [0.5, 0.6) is 5.75 Å². The normalized spacial score (nSPS) is 14.8. The molecule has 0 saturated carbocycles. The zero-order chi connectivity index (χ0) is 21.7. The van der Waals surface area contributed by atoms with Gasteiger partial charge in [0.2, 0.25) is 10.0 Å². The highest BCUT2D eigenvalue weighted by atomic mass is 32.2. The van der Waals surface area contributed by atoms with E-state index in [1.54, 1.807) is 6.07 Å². The second-order valence-electron chi connectivity index (χ2n) is 7.64. The highest BCUT2D eigenvalue weighted by Gasteiger charge is 2.23. The summed E-state index contributed by atoms with van der Waals surface area (Å²) in [5, 5.41) is 2.85. The Morgan fingerprint density at radius 3 is 2.30 bits per heavy atom. The molecule has 8 heteroatoms. The van der Waals surface area contributed by atoms with Crippen LogP contribution >= 0.6 is 0 Å². The number of sulfonamides is 1. The van der Waals surface area contributed by atoms with Crippen LogP contribution in [0.1, 0.15) is 34.3 Å². The number of nitrogens with one attached hydrogen (secondary N) is 1. The molecule has 1 saturated heterocycles. The molecule has 0 unspecified atom stereocenters. The van der Waals surface area contributed by atoms with E-state index < -0.39 is 10.0 Å². The Balaban J connectivity index is 1.66. The molecule has 1 heterocycles. The Bertz CT molecular complexity index is 982. The van der Waals surface area contributed by atoms with E-state index in [1.807, 2.05) is 12.1 Å². The summed E-state index contributed by atoms with van der Waals surface area (Å²) in [7, 11) is 0.545. The summed E-state index contributed by atoms with van der Waals surface area (Å²) in [5.74, 6) is -0.136. The number of carbonyl (C=O) groups excluding carboxylic acids is 1. The summed E-state index contributed by atoms with van der Waals surface area (Å²) in [6, 6.07) is 12.6. The maximum atomic E-state index is 12.6. The van der Waals surface area contributed by atoms with Gasteiger partial charge in [0.25, 0.3) is 5.91 Å². The van der Waals surface area contributed by atoms with Crippen LogP contribution in [-0.4, -0.2) is 57.8 Å². The maximum absolute atomic E-state index is 12.6. The zero-order valence-corrected chi connectivity index (χ0v) is 18.5. The lowest BCUT2D eigenvalue weighted by molar-refractivity contribution is 0.0950. The van der Waals surface area contributed by atoms with Crippen molar-refractivity contribution < 1.29 is 17.9 Å². The van der Waals surface area contributed by atoms with Gasteiger partial charge < -0.3 is 10.1 Å². The maximum Gasteiger partial charge on any atom is 0.251 e. The molecule has 0 atom stereocenters. The van der Waals surface area contributed by atoms with E-state index in [9.17, 15) is 13.2 Å². The minimum Gasteiger partial charge on any atom is -0.495 e. The number of methoxy groups -OCH3 is 1. The highest BCUT2D eigenvalue weighted by Crippen LogP contribution is 2.27. The molecular weight excluding hydrogens is 402 g/mol. The van der Waals surface area contributed by atoms with Gasteiger partial charge in [0.1, 0.15) is 10.6 Å². The predicted octanol–water partition coefficient (Wildman–Crippen LogP) is 2.47. The molecule has 7 nitrogen and oxygen atoms in total. The van der Waals surface area contributed by atoms with E-state index in [4.69, 9.17) is 4.74 Å². The summed E-state index contributed by atoms with van der Waals surface area (Å²) in [5.41, 5.74) is 2.52. The lowest BCUT2D eigenvalue weighted by Gasteiger charge is -2.16. The molecular formula is C22H29N3O4S. The van der Waals surface area contributed by atoms with Crippen molar-refractivity contribution in [3.63, 3.8) is 0 Å². The summed E-state index contributed by atoms with van der Waals surface area (Å²) in [6.07, 6.45) is 2.54. The fourth-order valence-corrected chi connectivity index (χ4v) is 4.54. The van der Waals surface area contributed by atoms with Crippen molar-refractivity contribution >= 4 is 15.9 Å². The molecule has 30 heavy (non-hydrogen) atoms. The van der Waals surface area contributed by atoms with Crippen molar-refractivity contribution in [2.45, 2.75) is 30.8 Å². The van der Waals surface area contributed by atoms with Gasteiger partial charge in [-0.2, -0.15) is 0 Å². The molecule has 162 valence electrons. The molecule has 0 aliphatic carbocycles. The number of rotatable bonds is 8. The third-order valence-electron chi connectivity index (χ3n) is 5.27. The summed E-state index contributed by atoms with van der Waals surface area (Å²) < 4.78 is 31.3. The Labute approximate surface area is 178 Å². The second-order valence-corrected chi connectivity index (χ2v) is 9.76. The Morgan fingerprint density at radius 2 is 1.70 bits per heavy atom. The first-order chi connectivity index (χ1) is 14.3. The smallest absolute Gasteiger partial charge is 0.251 e. The summed E-state index contributed by atoms with van der Waals surface area (Å²) >= 11 is 0. The van der Waals surface area contributed by atoms with Crippen LogP contribution in [0.2, 0.25) is 0 Å². The van der Waals surface area contributed by atoms with Gasteiger partial charge in [-0.3, -0.25) is 9.69 Å². The number of benzene rings is 2. The number of amides is 1. The fourth-order valence-electron chi connectivity index (χ4n) is 3.46. The average Bonchev–Trinajstić information content (AvgIpc) is 3.25.